The van der Waals surface area contributed by atoms with Gasteiger partial charge in [-0.1, -0.05) is 11.8 Å². The lowest BCUT2D eigenvalue weighted by Gasteiger charge is -2.00. The van der Waals surface area contributed by atoms with Crippen molar-refractivity contribution < 1.29 is 14.3 Å². The molecule has 5 heteroatoms. The minimum Gasteiger partial charge on any atom is -0.465 e. The number of furan rings is 1. The molecule has 2 heterocycles. The van der Waals surface area contributed by atoms with E-state index in [4.69, 9.17) is 9.52 Å². The number of hydrogen-bond donors (Lipinski definition) is 2. The number of hydrogen-bond acceptors (Lipinski definition) is 4. The molecule has 0 saturated heterocycles. The fourth-order valence-corrected chi connectivity index (χ4v) is 2.64. The number of amides is 1. The van der Waals surface area contributed by atoms with Crippen LogP contribution in [0, 0.1) is 25.7 Å². The first kappa shape index (κ1) is 14.4. The summed E-state index contributed by atoms with van der Waals surface area (Å²) in [6, 6.07) is 5.50. The molecule has 0 aliphatic carbocycles. The van der Waals surface area contributed by atoms with Crippen molar-refractivity contribution in [1.82, 2.24) is 5.32 Å². The lowest BCUT2D eigenvalue weighted by atomic mass is 10.2. The van der Waals surface area contributed by atoms with Crippen molar-refractivity contribution >= 4 is 17.2 Å². The van der Waals surface area contributed by atoms with E-state index < -0.39 is 0 Å². The van der Waals surface area contributed by atoms with Crippen LogP contribution in [0.3, 0.4) is 0 Å². The zero-order chi connectivity index (χ0) is 14.5. The van der Waals surface area contributed by atoms with Crippen molar-refractivity contribution in [3.8, 4) is 11.8 Å². The third kappa shape index (κ3) is 3.50. The first-order valence-electron chi connectivity index (χ1n) is 6.14. The minimum atomic E-state index is -0.184. The van der Waals surface area contributed by atoms with E-state index in [0.29, 0.717) is 11.4 Å². The van der Waals surface area contributed by atoms with E-state index in [0.717, 1.165) is 22.0 Å². The second kappa shape index (κ2) is 6.42. The zero-order valence-corrected chi connectivity index (χ0v) is 12.1. The lowest BCUT2D eigenvalue weighted by molar-refractivity contribution is 0.0952. The van der Waals surface area contributed by atoms with E-state index in [1.807, 2.05) is 26.0 Å². The molecule has 0 atom stereocenters. The second-order valence-corrected chi connectivity index (χ2v) is 5.33. The molecular weight excluding hydrogens is 274 g/mol. The number of aliphatic hydroxyl groups is 1. The number of aryl methyl sites for hydroxylation is 2. The van der Waals surface area contributed by atoms with Gasteiger partial charge in [-0.2, -0.15) is 0 Å². The quantitative estimate of drug-likeness (QED) is 0.852. The number of rotatable bonds is 3. The molecule has 2 aromatic heterocycles. The van der Waals surface area contributed by atoms with Crippen molar-refractivity contribution in [1.29, 1.82) is 0 Å². The van der Waals surface area contributed by atoms with Crippen molar-refractivity contribution in [2.75, 3.05) is 6.61 Å². The van der Waals surface area contributed by atoms with Crippen molar-refractivity contribution in [3.05, 3.63) is 45.0 Å². The van der Waals surface area contributed by atoms with Gasteiger partial charge in [0, 0.05) is 0 Å². The Hall–Kier alpha value is -2.03. The second-order valence-electron chi connectivity index (χ2n) is 4.28. The maximum absolute atomic E-state index is 12.0. The molecule has 104 valence electrons. The van der Waals surface area contributed by atoms with Crippen LogP contribution in [0.15, 0.2) is 22.6 Å². The van der Waals surface area contributed by atoms with Crippen LogP contribution in [-0.2, 0) is 6.54 Å². The fourth-order valence-electron chi connectivity index (χ4n) is 1.67. The molecule has 0 radical (unpaired) electrons. The Labute approximate surface area is 121 Å². The molecule has 4 nitrogen and oxygen atoms in total. The predicted molar refractivity (Wildman–Crippen MR) is 77.6 cm³/mol. The Morgan fingerprint density at radius 1 is 1.45 bits per heavy atom. The van der Waals surface area contributed by atoms with Crippen LogP contribution >= 0.6 is 11.3 Å². The minimum absolute atomic E-state index is 0.149. The Morgan fingerprint density at radius 3 is 2.90 bits per heavy atom. The van der Waals surface area contributed by atoms with Gasteiger partial charge in [0.15, 0.2) is 0 Å². The van der Waals surface area contributed by atoms with Crippen LogP contribution in [0.25, 0.3) is 0 Å². The first-order chi connectivity index (χ1) is 9.60. The molecule has 2 N–H and O–H groups in total. The van der Waals surface area contributed by atoms with Crippen LogP contribution in [0.5, 0.6) is 0 Å². The summed E-state index contributed by atoms with van der Waals surface area (Å²) in [6.45, 7) is 3.93. The highest BCUT2D eigenvalue weighted by atomic mass is 32.1. The van der Waals surface area contributed by atoms with Crippen LogP contribution in [0.1, 0.15) is 31.6 Å². The Morgan fingerprint density at radius 2 is 2.25 bits per heavy atom. The fraction of sp³-hybridized carbons (Fsp3) is 0.267. The van der Waals surface area contributed by atoms with Crippen molar-refractivity contribution in [3.63, 3.8) is 0 Å². The molecule has 2 aromatic rings. The van der Waals surface area contributed by atoms with Gasteiger partial charge < -0.3 is 14.8 Å². The summed E-state index contributed by atoms with van der Waals surface area (Å²) in [6.07, 6.45) is 0. The van der Waals surface area contributed by atoms with Crippen LogP contribution in [0.4, 0.5) is 0 Å². The maximum Gasteiger partial charge on any atom is 0.261 e. The van der Waals surface area contributed by atoms with Gasteiger partial charge in [-0.05, 0) is 37.6 Å². The summed E-state index contributed by atoms with van der Waals surface area (Å²) in [5.41, 5.74) is 0.940. The van der Waals surface area contributed by atoms with Crippen LogP contribution in [-0.4, -0.2) is 17.6 Å². The number of carbonyl (C=O) groups excluding carboxylic acids is 1. The van der Waals surface area contributed by atoms with E-state index in [2.05, 4.69) is 17.2 Å². The van der Waals surface area contributed by atoms with Crippen LogP contribution < -0.4 is 5.32 Å². The van der Waals surface area contributed by atoms with E-state index in [-0.39, 0.29) is 12.5 Å². The molecular formula is C15H15NO3S. The van der Waals surface area contributed by atoms with E-state index in [9.17, 15) is 4.79 Å². The molecule has 0 spiro atoms. The van der Waals surface area contributed by atoms with Gasteiger partial charge >= 0.3 is 0 Å². The van der Waals surface area contributed by atoms with Gasteiger partial charge in [-0.15, -0.1) is 11.3 Å². The summed E-state index contributed by atoms with van der Waals surface area (Å²) < 4.78 is 5.39. The van der Waals surface area contributed by atoms with Gasteiger partial charge in [0.2, 0.25) is 0 Å². The summed E-state index contributed by atoms with van der Waals surface area (Å²) in [5.74, 6) is 6.82. The third-order valence-corrected chi connectivity index (χ3v) is 3.79. The van der Waals surface area contributed by atoms with E-state index in [1.54, 1.807) is 6.07 Å². The number of aliphatic hydroxyl groups excluding tert-OH is 1. The molecule has 0 aliphatic heterocycles. The molecule has 0 saturated carbocycles. The monoisotopic (exact) mass is 289 g/mol. The highest BCUT2D eigenvalue weighted by Crippen LogP contribution is 2.21. The normalized spacial score (nSPS) is 9.95. The topological polar surface area (TPSA) is 62.5 Å². The highest BCUT2D eigenvalue weighted by Gasteiger charge is 2.11. The van der Waals surface area contributed by atoms with Crippen molar-refractivity contribution in [2.45, 2.75) is 20.4 Å². The van der Waals surface area contributed by atoms with Crippen LogP contribution in [0.2, 0.25) is 0 Å². The molecule has 0 aliphatic rings. The third-order valence-electron chi connectivity index (χ3n) is 2.64. The SMILES string of the molecule is Cc1ccc(CNC(=O)c2cc(C)c(C#CCO)s2)o1. The molecule has 0 fully saturated rings. The molecule has 2 rings (SSSR count). The Bertz CT molecular complexity index is 673. The average Bonchev–Trinajstić information content (AvgIpc) is 3.00. The molecule has 20 heavy (non-hydrogen) atoms. The molecule has 0 bridgehead atoms. The van der Waals surface area contributed by atoms with Gasteiger partial charge in [0.05, 0.1) is 16.3 Å². The van der Waals surface area contributed by atoms with Gasteiger partial charge in [0.25, 0.3) is 5.91 Å². The van der Waals surface area contributed by atoms with E-state index >= 15 is 0 Å². The van der Waals surface area contributed by atoms with Gasteiger partial charge in [0.1, 0.15) is 18.1 Å². The summed E-state index contributed by atoms with van der Waals surface area (Å²) >= 11 is 1.32. The smallest absolute Gasteiger partial charge is 0.261 e. The largest absolute Gasteiger partial charge is 0.465 e. The highest BCUT2D eigenvalue weighted by molar-refractivity contribution is 7.14. The average molecular weight is 289 g/mol. The zero-order valence-electron chi connectivity index (χ0n) is 11.3. The summed E-state index contributed by atoms with van der Waals surface area (Å²) in [5, 5.41) is 11.5. The summed E-state index contributed by atoms with van der Waals surface area (Å²) in [4.78, 5) is 13.4. The van der Waals surface area contributed by atoms with Gasteiger partial charge in [-0.25, -0.2) is 0 Å². The Balaban J connectivity index is 2.02. The molecule has 0 aromatic carbocycles. The van der Waals surface area contributed by atoms with Crippen molar-refractivity contribution in [2.24, 2.45) is 0 Å². The first-order valence-corrected chi connectivity index (χ1v) is 6.95. The van der Waals surface area contributed by atoms with Gasteiger partial charge in [-0.3, -0.25) is 4.79 Å². The molecule has 1 amide bonds. The predicted octanol–water partition coefficient (Wildman–Crippen LogP) is 2.23. The number of carbonyl (C=O) groups is 1. The van der Waals surface area contributed by atoms with E-state index in [1.165, 1.54) is 11.3 Å². The molecule has 0 unspecified atom stereocenters. The summed E-state index contributed by atoms with van der Waals surface area (Å²) in [7, 11) is 0. The Kier molecular flexibility index (Phi) is 4.61. The maximum atomic E-state index is 12.0. The number of thiophene rings is 1. The standard InChI is InChI=1S/C15H15NO3S/c1-10-8-14(20-13(10)4-3-7-17)15(18)16-9-12-6-5-11(2)19-12/h5-6,8,17H,7,9H2,1-2H3,(H,16,18). The number of nitrogens with one attached hydrogen (secondary N) is 1. The lowest BCUT2D eigenvalue weighted by Crippen LogP contribution is -2.21.